The first kappa shape index (κ1) is 15.3. The Morgan fingerprint density at radius 1 is 1.30 bits per heavy atom. The average Bonchev–Trinajstić information content (AvgIpc) is 2.48. The van der Waals surface area contributed by atoms with E-state index in [9.17, 15) is 0 Å². The lowest BCUT2D eigenvalue weighted by atomic mass is 9.82. The quantitative estimate of drug-likeness (QED) is 0.864. The molecule has 3 atom stereocenters. The zero-order chi connectivity index (χ0) is 14.4. The van der Waals surface area contributed by atoms with Crippen LogP contribution in [0.2, 0.25) is 0 Å². The van der Waals surface area contributed by atoms with Crippen molar-refractivity contribution in [1.29, 1.82) is 0 Å². The highest BCUT2D eigenvalue weighted by Gasteiger charge is 2.30. The SMILES string of the molecule is CCC1CCC(NC)C(Oc2cccc(COC)c2)C1. The zero-order valence-electron chi connectivity index (χ0n) is 12.9. The molecule has 1 aliphatic carbocycles. The molecule has 0 radical (unpaired) electrons. The Kier molecular flexibility index (Phi) is 5.86. The van der Waals surface area contributed by atoms with E-state index in [4.69, 9.17) is 9.47 Å². The monoisotopic (exact) mass is 277 g/mol. The van der Waals surface area contributed by atoms with E-state index >= 15 is 0 Å². The Morgan fingerprint density at radius 2 is 2.15 bits per heavy atom. The van der Waals surface area contributed by atoms with Gasteiger partial charge in [0.1, 0.15) is 11.9 Å². The maximum atomic E-state index is 6.26. The van der Waals surface area contributed by atoms with Gasteiger partial charge in [0.05, 0.1) is 6.61 Å². The van der Waals surface area contributed by atoms with Crippen LogP contribution in [-0.4, -0.2) is 26.3 Å². The summed E-state index contributed by atoms with van der Waals surface area (Å²) in [7, 11) is 3.76. The maximum absolute atomic E-state index is 6.26. The Balaban J connectivity index is 2.03. The van der Waals surface area contributed by atoms with Crippen LogP contribution in [0.1, 0.15) is 38.2 Å². The van der Waals surface area contributed by atoms with Gasteiger partial charge in [-0.25, -0.2) is 0 Å². The fraction of sp³-hybridized carbons (Fsp3) is 0.647. The largest absolute Gasteiger partial charge is 0.489 e. The molecular formula is C17H27NO2. The number of hydrogen-bond acceptors (Lipinski definition) is 3. The van der Waals surface area contributed by atoms with E-state index in [1.165, 1.54) is 19.3 Å². The molecule has 0 aliphatic heterocycles. The second-order valence-corrected chi connectivity index (χ2v) is 5.72. The molecule has 1 aliphatic rings. The summed E-state index contributed by atoms with van der Waals surface area (Å²) >= 11 is 0. The van der Waals surface area contributed by atoms with Crippen LogP contribution in [0, 0.1) is 5.92 Å². The molecular weight excluding hydrogens is 250 g/mol. The fourth-order valence-electron chi connectivity index (χ4n) is 3.09. The van der Waals surface area contributed by atoms with Gasteiger partial charge in [-0.15, -0.1) is 0 Å². The second kappa shape index (κ2) is 7.65. The molecule has 0 amide bonds. The normalized spacial score (nSPS) is 26.4. The number of hydrogen-bond donors (Lipinski definition) is 1. The molecule has 1 fully saturated rings. The van der Waals surface area contributed by atoms with Crippen LogP contribution in [0.3, 0.4) is 0 Å². The number of likely N-dealkylation sites (N-methyl/N-ethyl adjacent to an activating group) is 1. The van der Waals surface area contributed by atoms with E-state index < -0.39 is 0 Å². The van der Waals surface area contributed by atoms with Gasteiger partial charge in [-0.1, -0.05) is 25.5 Å². The molecule has 1 aromatic carbocycles. The lowest BCUT2D eigenvalue weighted by Crippen LogP contribution is -2.45. The van der Waals surface area contributed by atoms with Crippen molar-refractivity contribution >= 4 is 0 Å². The number of ether oxygens (including phenoxy) is 2. The highest BCUT2D eigenvalue weighted by molar-refractivity contribution is 5.28. The summed E-state index contributed by atoms with van der Waals surface area (Å²) < 4.78 is 11.4. The van der Waals surface area contributed by atoms with E-state index in [2.05, 4.69) is 24.4 Å². The van der Waals surface area contributed by atoms with Crippen LogP contribution in [0.5, 0.6) is 5.75 Å². The summed E-state index contributed by atoms with van der Waals surface area (Å²) in [5.74, 6) is 1.76. The molecule has 112 valence electrons. The first-order valence-corrected chi connectivity index (χ1v) is 7.68. The van der Waals surface area contributed by atoms with Gasteiger partial charge >= 0.3 is 0 Å². The smallest absolute Gasteiger partial charge is 0.120 e. The third-order valence-corrected chi connectivity index (χ3v) is 4.35. The van der Waals surface area contributed by atoms with Gasteiger partial charge < -0.3 is 14.8 Å². The van der Waals surface area contributed by atoms with E-state index in [1.807, 2.05) is 19.2 Å². The van der Waals surface area contributed by atoms with Crippen LogP contribution in [0.25, 0.3) is 0 Å². The molecule has 2 rings (SSSR count). The number of benzene rings is 1. The lowest BCUT2D eigenvalue weighted by Gasteiger charge is -2.35. The third-order valence-electron chi connectivity index (χ3n) is 4.35. The molecule has 0 heterocycles. The van der Waals surface area contributed by atoms with Crippen LogP contribution in [-0.2, 0) is 11.3 Å². The summed E-state index contributed by atoms with van der Waals surface area (Å²) in [5.41, 5.74) is 1.16. The van der Waals surface area contributed by atoms with E-state index in [-0.39, 0.29) is 6.10 Å². The van der Waals surface area contributed by atoms with E-state index in [0.29, 0.717) is 12.6 Å². The topological polar surface area (TPSA) is 30.5 Å². The fourth-order valence-corrected chi connectivity index (χ4v) is 3.09. The van der Waals surface area contributed by atoms with Gasteiger partial charge in [0.2, 0.25) is 0 Å². The average molecular weight is 277 g/mol. The highest BCUT2D eigenvalue weighted by atomic mass is 16.5. The van der Waals surface area contributed by atoms with Crippen molar-refractivity contribution in [1.82, 2.24) is 5.32 Å². The van der Waals surface area contributed by atoms with Crippen molar-refractivity contribution < 1.29 is 9.47 Å². The number of nitrogens with one attached hydrogen (secondary N) is 1. The predicted molar refractivity (Wildman–Crippen MR) is 82.1 cm³/mol. The van der Waals surface area contributed by atoms with Crippen LogP contribution in [0.4, 0.5) is 0 Å². The first-order chi connectivity index (χ1) is 9.76. The second-order valence-electron chi connectivity index (χ2n) is 5.72. The molecule has 0 bridgehead atoms. The minimum absolute atomic E-state index is 0.275. The first-order valence-electron chi connectivity index (χ1n) is 7.68. The van der Waals surface area contributed by atoms with Crippen LogP contribution < -0.4 is 10.1 Å². The van der Waals surface area contributed by atoms with Gasteiger partial charge in [0, 0.05) is 13.2 Å². The summed E-state index contributed by atoms with van der Waals surface area (Å²) in [6.45, 7) is 2.91. The highest BCUT2D eigenvalue weighted by Crippen LogP contribution is 2.30. The minimum Gasteiger partial charge on any atom is -0.489 e. The molecule has 0 spiro atoms. The number of rotatable bonds is 6. The molecule has 1 N–H and O–H groups in total. The van der Waals surface area contributed by atoms with E-state index in [1.54, 1.807) is 7.11 Å². The molecule has 1 aromatic rings. The van der Waals surface area contributed by atoms with Crippen molar-refractivity contribution in [3.8, 4) is 5.75 Å². The standard InChI is InChI=1S/C17H27NO2/c1-4-13-8-9-16(18-2)17(11-13)20-15-7-5-6-14(10-15)12-19-3/h5-7,10,13,16-18H,4,8-9,11-12H2,1-3H3. The minimum atomic E-state index is 0.275. The Labute approximate surface area is 122 Å². The van der Waals surface area contributed by atoms with Gasteiger partial charge in [-0.2, -0.15) is 0 Å². The van der Waals surface area contributed by atoms with Crippen molar-refractivity contribution in [3.05, 3.63) is 29.8 Å². The summed E-state index contributed by atoms with van der Waals surface area (Å²) in [6.07, 6.45) is 5.19. The molecule has 3 nitrogen and oxygen atoms in total. The third kappa shape index (κ3) is 3.97. The Morgan fingerprint density at radius 3 is 2.85 bits per heavy atom. The van der Waals surface area contributed by atoms with Crippen LogP contribution in [0.15, 0.2) is 24.3 Å². The Hall–Kier alpha value is -1.06. The van der Waals surface area contributed by atoms with E-state index in [0.717, 1.165) is 23.7 Å². The molecule has 1 saturated carbocycles. The van der Waals surface area contributed by atoms with Crippen molar-refractivity contribution in [2.45, 2.75) is 51.4 Å². The van der Waals surface area contributed by atoms with Gasteiger partial charge in [0.15, 0.2) is 0 Å². The molecule has 0 saturated heterocycles. The van der Waals surface area contributed by atoms with Crippen molar-refractivity contribution in [3.63, 3.8) is 0 Å². The van der Waals surface area contributed by atoms with Gasteiger partial charge in [0.25, 0.3) is 0 Å². The molecule has 3 unspecified atom stereocenters. The summed E-state index contributed by atoms with van der Waals surface area (Å²) in [5, 5.41) is 3.41. The van der Waals surface area contributed by atoms with Crippen molar-refractivity contribution in [2.75, 3.05) is 14.2 Å². The predicted octanol–water partition coefficient (Wildman–Crippen LogP) is 3.38. The molecule has 0 aromatic heterocycles. The lowest BCUT2D eigenvalue weighted by molar-refractivity contribution is 0.0880. The maximum Gasteiger partial charge on any atom is 0.120 e. The van der Waals surface area contributed by atoms with Crippen LogP contribution >= 0.6 is 0 Å². The summed E-state index contributed by atoms with van der Waals surface area (Å²) in [6, 6.07) is 8.71. The van der Waals surface area contributed by atoms with Gasteiger partial charge in [-0.3, -0.25) is 0 Å². The zero-order valence-corrected chi connectivity index (χ0v) is 12.9. The summed E-state index contributed by atoms with van der Waals surface area (Å²) in [4.78, 5) is 0. The Bertz CT molecular complexity index is 408. The van der Waals surface area contributed by atoms with Crippen molar-refractivity contribution in [2.24, 2.45) is 5.92 Å². The molecule has 20 heavy (non-hydrogen) atoms. The molecule has 3 heteroatoms. The number of methoxy groups -OCH3 is 1. The van der Waals surface area contributed by atoms with Gasteiger partial charge in [-0.05, 0) is 49.9 Å².